The molecule has 2 fully saturated rings. The molecular weight excluding hydrogens is 552 g/mol. The molecule has 1 saturated heterocycles. The fraction of sp³-hybridized carbons (Fsp3) is 0.361. The van der Waals surface area contributed by atoms with Crippen LogP contribution in [0.2, 0.25) is 0 Å². The van der Waals surface area contributed by atoms with Crippen LogP contribution < -0.4 is 4.74 Å². The molecule has 2 aliphatic heterocycles. The van der Waals surface area contributed by atoms with Crippen LogP contribution in [0, 0.1) is 0 Å². The number of carbonyl (C=O) groups excluding carboxylic acids is 1. The zero-order chi connectivity index (χ0) is 30.4. The minimum atomic E-state index is -0.944. The first-order valence-corrected chi connectivity index (χ1v) is 15.6. The monoisotopic (exact) mass is 590 g/mol. The molecule has 4 heterocycles. The van der Waals surface area contributed by atoms with Gasteiger partial charge in [0.2, 0.25) is 0 Å². The summed E-state index contributed by atoms with van der Waals surface area (Å²) in [5.74, 6) is 0.191. The van der Waals surface area contributed by atoms with Gasteiger partial charge in [0.1, 0.15) is 5.75 Å². The van der Waals surface area contributed by atoms with Crippen molar-refractivity contribution in [2.45, 2.75) is 44.6 Å². The van der Waals surface area contributed by atoms with Gasteiger partial charge in [-0.15, -0.1) is 0 Å². The maximum absolute atomic E-state index is 13.9. The van der Waals surface area contributed by atoms with Gasteiger partial charge in [-0.1, -0.05) is 25.3 Å². The summed E-state index contributed by atoms with van der Waals surface area (Å²) in [6.07, 6.45) is 9.75. The molecule has 1 N–H and O–H groups in total. The van der Waals surface area contributed by atoms with Crippen LogP contribution in [0.3, 0.4) is 0 Å². The fourth-order valence-electron chi connectivity index (χ4n) is 7.33. The van der Waals surface area contributed by atoms with Crippen LogP contribution in [-0.2, 0) is 6.54 Å². The van der Waals surface area contributed by atoms with Gasteiger partial charge in [-0.25, -0.2) is 4.79 Å². The highest BCUT2D eigenvalue weighted by molar-refractivity contribution is 6.04. The first kappa shape index (κ1) is 28.3. The van der Waals surface area contributed by atoms with Crippen molar-refractivity contribution in [2.24, 2.45) is 0 Å². The summed E-state index contributed by atoms with van der Waals surface area (Å²) >= 11 is 0. The summed E-state index contributed by atoms with van der Waals surface area (Å²) in [5, 5.41) is 11.1. The Morgan fingerprint density at radius 1 is 0.977 bits per heavy atom. The van der Waals surface area contributed by atoms with Crippen LogP contribution in [-0.4, -0.2) is 76.7 Å². The molecule has 0 bridgehead atoms. The van der Waals surface area contributed by atoms with Crippen LogP contribution in [0.4, 0.5) is 0 Å². The van der Waals surface area contributed by atoms with Crippen LogP contribution >= 0.6 is 0 Å². The SMILES string of the molecule is COc1ccc2c(c1)C=C(c1ncccc1C(=O)N1CCN(C)CC1)Cn1c-2c(C2CCCCC2)c2ccc(C(=O)O)cc21. The molecule has 2 aromatic heterocycles. The molecule has 0 spiro atoms. The van der Waals surface area contributed by atoms with Crippen molar-refractivity contribution in [3.63, 3.8) is 0 Å². The van der Waals surface area contributed by atoms with E-state index in [4.69, 9.17) is 9.72 Å². The summed E-state index contributed by atoms with van der Waals surface area (Å²) in [7, 11) is 3.75. The zero-order valence-electron chi connectivity index (χ0n) is 25.4. The molecular formula is C36H38N4O4. The molecule has 44 heavy (non-hydrogen) atoms. The van der Waals surface area contributed by atoms with Crippen molar-refractivity contribution >= 4 is 34.4 Å². The van der Waals surface area contributed by atoms with E-state index in [0.29, 0.717) is 36.8 Å². The number of rotatable bonds is 5. The molecule has 8 heteroatoms. The second-order valence-electron chi connectivity index (χ2n) is 12.3. The van der Waals surface area contributed by atoms with E-state index in [1.54, 1.807) is 19.4 Å². The standard InChI is InChI=1S/C36H38N4O4/c1-38-15-17-39(18-16-38)35(41)30-9-6-14-37-33(30)26-19-25-20-27(44-2)11-13-28(25)34-32(23-7-4-3-5-8-23)29-12-10-24(36(42)43)21-31(29)40(34)22-26/h6,9-14,19-21,23H,3-5,7-8,15-18,22H2,1-2H3,(H,42,43). The van der Waals surface area contributed by atoms with E-state index >= 15 is 0 Å². The number of hydrogen-bond donors (Lipinski definition) is 1. The lowest BCUT2D eigenvalue weighted by atomic mass is 9.81. The Balaban J connectivity index is 1.45. The Morgan fingerprint density at radius 2 is 1.77 bits per heavy atom. The minimum Gasteiger partial charge on any atom is -0.497 e. The third-order valence-corrected chi connectivity index (χ3v) is 9.67. The third-order valence-electron chi connectivity index (χ3n) is 9.67. The van der Waals surface area contributed by atoms with Crippen LogP contribution in [0.25, 0.3) is 33.8 Å². The maximum atomic E-state index is 13.9. The van der Waals surface area contributed by atoms with Crippen LogP contribution in [0.5, 0.6) is 5.75 Å². The number of fused-ring (bicyclic) bond motifs is 5. The molecule has 0 radical (unpaired) electrons. The smallest absolute Gasteiger partial charge is 0.335 e. The van der Waals surface area contributed by atoms with Gasteiger partial charge in [0, 0.05) is 48.8 Å². The maximum Gasteiger partial charge on any atom is 0.335 e. The summed E-state index contributed by atoms with van der Waals surface area (Å²) in [6, 6.07) is 15.4. The number of ether oxygens (including phenoxy) is 1. The quantitative estimate of drug-likeness (QED) is 0.290. The summed E-state index contributed by atoms with van der Waals surface area (Å²) in [6.45, 7) is 3.49. The van der Waals surface area contributed by atoms with Crippen molar-refractivity contribution < 1.29 is 19.4 Å². The fourth-order valence-corrected chi connectivity index (χ4v) is 7.33. The Bertz CT molecular complexity index is 1790. The first-order chi connectivity index (χ1) is 21.4. The zero-order valence-corrected chi connectivity index (χ0v) is 25.4. The molecule has 0 unspecified atom stereocenters. The lowest BCUT2D eigenvalue weighted by molar-refractivity contribution is 0.0661. The number of pyridine rings is 1. The van der Waals surface area contributed by atoms with Crippen molar-refractivity contribution in [1.82, 2.24) is 19.4 Å². The second kappa shape index (κ2) is 11.6. The largest absolute Gasteiger partial charge is 0.497 e. The Hall–Kier alpha value is -4.43. The second-order valence-corrected chi connectivity index (χ2v) is 12.3. The minimum absolute atomic E-state index is 0.00846. The predicted molar refractivity (Wildman–Crippen MR) is 172 cm³/mol. The molecule has 8 nitrogen and oxygen atoms in total. The van der Waals surface area contributed by atoms with Crippen LogP contribution in [0.15, 0.2) is 54.7 Å². The van der Waals surface area contributed by atoms with Gasteiger partial charge in [0.05, 0.1) is 36.2 Å². The number of aromatic carboxylic acids is 1. The van der Waals surface area contributed by atoms with Crippen LogP contribution in [0.1, 0.15) is 75.6 Å². The number of carboxylic acids is 1. The molecule has 7 rings (SSSR count). The Labute approximate surface area is 257 Å². The van der Waals surface area contributed by atoms with E-state index in [0.717, 1.165) is 65.0 Å². The van der Waals surface area contributed by atoms with Gasteiger partial charge in [-0.3, -0.25) is 9.78 Å². The summed E-state index contributed by atoms with van der Waals surface area (Å²) in [4.78, 5) is 35.1. The number of hydrogen-bond acceptors (Lipinski definition) is 5. The van der Waals surface area contributed by atoms with E-state index in [-0.39, 0.29) is 11.5 Å². The topological polar surface area (TPSA) is 87.9 Å². The Kier molecular flexibility index (Phi) is 7.46. The molecule has 2 aromatic carbocycles. The van der Waals surface area contributed by atoms with Gasteiger partial charge < -0.3 is 24.2 Å². The lowest BCUT2D eigenvalue weighted by Crippen LogP contribution is -2.47. The Morgan fingerprint density at radius 3 is 2.52 bits per heavy atom. The van der Waals surface area contributed by atoms with E-state index in [2.05, 4.69) is 34.7 Å². The van der Waals surface area contributed by atoms with E-state index in [9.17, 15) is 14.7 Å². The number of allylic oxidation sites excluding steroid dienone is 1. The predicted octanol–water partition coefficient (Wildman–Crippen LogP) is 6.40. The first-order valence-electron chi connectivity index (χ1n) is 15.6. The number of carbonyl (C=O) groups is 2. The number of methoxy groups -OCH3 is 1. The van der Waals surface area contributed by atoms with Gasteiger partial charge in [0.15, 0.2) is 0 Å². The molecule has 1 aliphatic carbocycles. The van der Waals surface area contributed by atoms with E-state index in [1.165, 1.54) is 24.8 Å². The normalized spacial score (nSPS) is 17.5. The molecule has 1 amide bonds. The van der Waals surface area contributed by atoms with Gasteiger partial charge in [-0.2, -0.15) is 0 Å². The van der Waals surface area contributed by atoms with Crippen molar-refractivity contribution in [3.8, 4) is 17.0 Å². The van der Waals surface area contributed by atoms with Crippen molar-refractivity contribution in [3.05, 3.63) is 82.7 Å². The molecule has 0 atom stereocenters. The number of amides is 1. The molecule has 226 valence electrons. The van der Waals surface area contributed by atoms with E-state index in [1.807, 2.05) is 35.2 Å². The molecule has 3 aliphatic rings. The van der Waals surface area contributed by atoms with Crippen molar-refractivity contribution in [1.29, 1.82) is 0 Å². The number of piperazine rings is 1. The van der Waals surface area contributed by atoms with Gasteiger partial charge in [0.25, 0.3) is 5.91 Å². The van der Waals surface area contributed by atoms with Gasteiger partial charge in [-0.05, 0) is 91.0 Å². The highest BCUT2D eigenvalue weighted by Crippen LogP contribution is 2.47. The lowest BCUT2D eigenvalue weighted by Gasteiger charge is -2.32. The number of benzene rings is 2. The average Bonchev–Trinajstić information content (AvgIpc) is 3.27. The number of carboxylic acid groups (broad SMARTS) is 1. The average molecular weight is 591 g/mol. The molecule has 4 aromatic rings. The summed E-state index contributed by atoms with van der Waals surface area (Å²) < 4.78 is 7.94. The summed E-state index contributed by atoms with van der Waals surface area (Å²) in [5.41, 5.74) is 7.83. The number of likely N-dealkylation sites (N-methyl/N-ethyl adjacent to an activating group) is 1. The highest BCUT2D eigenvalue weighted by Gasteiger charge is 2.31. The number of nitrogens with zero attached hydrogens (tertiary/aromatic N) is 4. The third kappa shape index (κ3) is 4.97. The molecule has 1 saturated carbocycles. The highest BCUT2D eigenvalue weighted by atomic mass is 16.5. The van der Waals surface area contributed by atoms with Crippen molar-refractivity contribution in [2.75, 3.05) is 40.3 Å². The van der Waals surface area contributed by atoms with Gasteiger partial charge >= 0.3 is 5.97 Å². The number of aromatic nitrogens is 2. The van der Waals surface area contributed by atoms with E-state index < -0.39 is 5.97 Å².